The van der Waals surface area contributed by atoms with E-state index in [1.54, 1.807) is 0 Å². The van der Waals surface area contributed by atoms with Crippen LogP contribution in [0.15, 0.2) is 0 Å². The molecule has 3 nitrogen and oxygen atoms in total. The smallest absolute Gasteiger partial charge is 0.0110 e. The molecule has 2 aliphatic heterocycles. The maximum absolute atomic E-state index is 2.66. The van der Waals surface area contributed by atoms with Crippen LogP contribution in [0.25, 0.3) is 0 Å². The van der Waals surface area contributed by atoms with Crippen molar-refractivity contribution in [3.8, 4) is 0 Å². The first-order valence-corrected chi connectivity index (χ1v) is 11.4. The highest BCUT2D eigenvalue weighted by atomic mass is 15.2. The van der Waals surface area contributed by atoms with Crippen LogP contribution in [0.4, 0.5) is 0 Å². The van der Waals surface area contributed by atoms with E-state index in [1.807, 2.05) is 41.5 Å². The van der Waals surface area contributed by atoms with E-state index in [4.69, 9.17) is 0 Å². The van der Waals surface area contributed by atoms with Gasteiger partial charge in [0.05, 0.1) is 0 Å². The van der Waals surface area contributed by atoms with E-state index in [1.165, 1.54) is 84.5 Å². The van der Waals surface area contributed by atoms with Gasteiger partial charge in [-0.15, -0.1) is 0 Å². The van der Waals surface area contributed by atoms with E-state index in [-0.39, 0.29) is 0 Å². The Morgan fingerprint density at radius 1 is 0.680 bits per heavy atom. The van der Waals surface area contributed by atoms with Gasteiger partial charge in [0.15, 0.2) is 0 Å². The predicted octanol–water partition coefficient (Wildman–Crippen LogP) is 5.21. The third kappa shape index (κ3) is 13.7. The Labute approximate surface area is 161 Å². The number of hydrogen-bond acceptors (Lipinski definition) is 3. The molecule has 0 aromatic rings. The third-order valence-corrected chi connectivity index (χ3v) is 4.93. The molecule has 0 amide bonds. The maximum atomic E-state index is 2.66. The minimum atomic E-state index is 1.01. The summed E-state index contributed by atoms with van der Waals surface area (Å²) in [6, 6.07) is 0. The summed E-state index contributed by atoms with van der Waals surface area (Å²) in [6.07, 6.45) is 7.09. The van der Waals surface area contributed by atoms with E-state index < -0.39 is 0 Å². The first kappa shape index (κ1) is 27.1. The lowest BCUT2D eigenvalue weighted by molar-refractivity contribution is 0.142. The molecule has 25 heavy (non-hydrogen) atoms. The molecule has 2 aliphatic rings. The fourth-order valence-corrected chi connectivity index (χ4v) is 3.49. The number of rotatable bonds is 6. The topological polar surface area (TPSA) is 9.72 Å². The molecule has 0 aliphatic carbocycles. The number of nitrogens with zero attached hydrogens (tertiary/aromatic N) is 3. The van der Waals surface area contributed by atoms with Crippen LogP contribution in [0, 0.1) is 5.92 Å². The largest absolute Gasteiger partial charge is 0.304 e. The molecule has 0 saturated carbocycles. The lowest BCUT2D eigenvalue weighted by Crippen LogP contribution is -2.44. The number of hydrogen-bond donors (Lipinski definition) is 0. The normalized spacial score (nSPS) is 19.7. The minimum Gasteiger partial charge on any atom is -0.304 e. The summed E-state index contributed by atoms with van der Waals surface area (Å²) < 4.78 is 0. The molecule has 2 heterocycles. The van der Waals surface area contributed by atoms with Gasteiger partial charge in [-0.05, 0) is 71.2 Å². The summed E-state index contributed by atoms with van der Waals surface area (Å²) in [5, 5.41) is 0. The van der Waals surface area contributed by atoms with Crippen LogP contribution in [0.1, 0.15) is 80.6 Å². The van der Waals surface area contributed by atoms with Crippen LogP contribution in [0.2, 0.25) is 0 Å². The van der Waals surface area contributed by atoms with Crippen molar-refractivity contribution in [3.63, 3.8) is 0 Å². The van der Waals surface area contributed by atoms with Crippen LogP contribution in [0.3, 0.4) is 0 Å². The molecule has 154 valence electrons. The van der Waals surface area contributed by atoms with Crippen molar-refractivity contribution in [2.75, 3.05) is 59.4 Å². The van der Waals surface area contributed by atoms with Gasteiger partial charge in [-0.25, -0.2) is 0 Å². The van der Waals surface area contributed by atoms with Gasteiger partial charge in [-0.1, -0.05) is 48.5 Å². The van der Waals surface area contributed by atoms with Gasteiger partial charge in [-0.3, -0.25) is 0 Å². The summed E-state index contributed by atoms with van der Waals surface area (Å²) >= 11 is 0. The summed E-state index contributed by atoms with van der Waals surface area (Å²) in [5.41, 5.74) is 0. The molecule has 0 aromatic heterocycles. The average Bonchev–Trinajstić information content (AvgIpc) is 2.70. The van der Waals surface area contributed by atoms with Crippen LogP contribution in [-0.2, 0) is 0 Å². The van der Waals surface area contributed by atoms with Crippen LogP contribution >= 0.6 is 0 Å². The zero-order valence-corrected chi connectivity index (χ0v) is 19.1. The third-order valence-electron chi connectivity index (χ3n) is 4.93. The van der Waals surface area contributed by atoms with Crippen LogP contribution < -0.4 is 0 Å². The molecular formula is C22H51N3. The molecule has 2 rings (SSSR count). The fraction of sp³-hybridized carbons (Fsp3) is 1.00. The summed E-state index contributed by atoms with van der Waals surface area (Å²) in [5.74, 6) is 1.01. The molecule has 2 fully saturated rings. The second-order valence-corrected chi connectivity index (χ2v) is 6.57. The summed E-state index contributed by atoms with van der Waals surface area (Å²) in [6.45, 7) is 24.7. The predicted molar refractivity (Wildman–Crippen MR) is 117 cm³/mol. The Morgan fingerprint density at radius 2 is 1.16 bits per heavy atom. The van der Waals surface area contributed by atoms with Gasteiger partial charge in [-0.2, -0.15) is 0 Å². The molecule has 0 atom stereocenters. The standard InChI is InChI=1S/C16H33N3.3C2H6/c1-3-8-18-10-6-16(7-11-18)5-4-9-19-14-12-17(2)13-15-19;3*1-2/h16H,3-15H2,1-2H3;3*1-2H3. The molecule has 0 N–H and O–H groups in total. The molecule has 0 unspecified atom stereocenters. The SMILES string of the molecule is CC.CC.CC.CCCN1CCC(CCCN2CCN(C)CC2)CC1. The summed E-state index contributed by atoms with van der Waals surface area (Å²) in [4.78, 5) is 7.75. The van der Waals surface area contributed by atoms with Gasteiger partial charge in [0.25, 0.3) is 0 Å². The van der Waals surface area contributed by atoms with Crippen molar-refractivity contribution >= 4 is 0 Å². The van der Waals surface area contributed by atoms with E-state index in [2.05, 4.69) is 28.7 Å². The van der Waals surface area contributed by atoms with Gasteiger partial charge in [0.2, 0.25) is 0 Å². The first-order valence-electron chi connectivity index (χ1n) is 11.4. The first-order chi connectivity index (χ1) is 12.3. The van der Waals surface area contributed by atoms with Crippen molar-refractivity contribution in [1.82, 2.24) is 14.7 Å². The van der Waals surface area contributed by atoms with Crippen molar-refractivity contribution in [3.05, 3.63) is 0 Å². The molecule has 0 aromatic carbocycles. The molecular weight excluding hydrogens is 306 g/mol. The Kier molecular flexibility index (Phi) is 21.9. The van der Waals surface area contributed by atoms with Gasteiger partial charge < -0.3 is 14.7 Å². The number of likely N-dealkylation sites (tertiary alicyclic amines) is 1. The molecule has 3 heteroatoms. The molecule has 0 spiro atoms. The lowest BCUT2D eigenvalue weighted by atomic mass is 9.92. The Morgan fingerprint density at radius 3 is 1.64 bits per heavy atom. The van der Waals surface area contributed by atoms with E-state index in [9.17, 15) is 0 Å². The highest BCUT2D eigenvalue weighted by molar-refractivity contribution is 4.74. The second kappa shape index (κ2) is 20.2. The van der Waals surface area contributed by atoms with Crippen molar-refractivity contribution in [1.29, 1.82) is 0 Å². The van der Waals surface area contributed by atoms with Crippen molar-refractivity contribution < 1.29 is 0 Å². The van der Waals surface area contributed by atoms with E-state index in [0.29, 0.717) is 0 Å². The Balaban J connectivity index is 0. The fourth-order valence-electron chi connectivity index (χ4n) is 3.49. The van der Waals surface area contributed by atoms with Crippen molar-refractivity contribution in [2.24, 2.45) is 5.92 Å². The minimum absolute atomic E-state index is 1.01. The van der Waals surface area contributed by atoms with Gasteiger partial charge in [0, 0.05) is 26.2 Å². The Hall–Kier alpha value is -0.120. The molecule has 2 saturated heterocycles. The van der Waals surface area contributed by atoms with Crippen LogP contribution in [0.5, 0.6) is 0 Å². The maximum Gasteiger partial charge on any atom is 0.0110 e. The quantitative estimate of drug-likeness (QED) is 0.645. The number of likely N-dealkylation sites (N-methyl/N-ethyl adjacent to an activating group) is 1. The van der Waals surface area contributed by atoms with Gasteiger partial charge in [0.1, 0.15) is 0 Å². The second-order valence-electron chi connectivity index (χ2n) is 6.57. The van der Waals surface area contributed by atoms with E-state index >= 15 is 0 Å². The van der Waals surface area contributed by atoms with Crippen LogP contribution in [-0.4, -0.2) is 74.1 Å². The zero-order chi connectivity index (χ0) is 19.5. The molecule has 0 bridgehead atoms. The molecule has 0 radical (unpaired) electrons. The highest BCUT2D eigenvalue weighted by Gasteiger charge is 2.19. The lowest BCUT2D eigenvalue weighted by Gasteiger charge is -2.34. The zero-order valence-electron chi connectivity index (χ0n) is 19.1. The Bertz CT molecular complexity index is 229. The number of piperazine rings is 1. The highest BCUT2D eigenvalue weighted by Crippen LogP contribution is 2.22. The van der Waals surface area contributed by atoms with Gasteiger partial charge >= 0.3 is 0 Å². The number of piperidine rings is 1. The monoisotopic (exact) mass is 357 g/mol. The average molecular weight is 358 g/mol. The van der Waals surface area contributed by atoms with E-state index in [0.717, 1.165) is 5.92 Å². The summed E-state index contributed by atoms with van der Waals surface area (Å²) in [7, 11) is 2.24. The van der Waals surface area contributed by atoms with Crippen molar-refractivity contribution in [2.45, 2.75) is 80.6 Å².